The lowest BCUT2D eigenvalue weighted by molar-refractivity contribution is -0.121. The molecule has 0 aliphatic carbocycles. The SMILES string of the molecule is COc1ccccc1CNC(=O)CN(Cc1ccc(Cl)c(Cl)c1)S(=O)(=O)c1ccccc1. The Labute approximate surface area is 197 Å². The predicted octanol–water partition coefficient (Wildman–Crippen LogP) is 4.51. The Balaban J connectivity index is 1.81. The van der Waals surface area contributed by atoms with Gasteiger partial charge in [0, 0.05) is 18.7 Å². The molecule has 0 saturated carbocycles. The van der Waals surface area contributed by atoms with Crippen molar-refractivity contribution in [2.45, 2.75) is 18.0 Å². The summed E-state index contributed by atoms with van der Waals surface area (Å²) in [6.07, 6.45) is 0. The second kappa shape index (κ2) is 10.8. The van der Waals surface area contributed by atoms with Gasteiger partial charge in [-0.25, -0.2) is 8.42 Å². The number of hydrogen-bond acceptors (Lipinski definition) is 4. The van der Waals surface area contributed by atoms with Crippen LogP contribution in [0.25, 0.3) is 0 Å². The van der Waals surface area contributed by atoms with Crippen molar-refractivity contribution in [3.05, 3.63) is 94.0 Å². The first-order valence-corrected chi connectivity index (χ1v) is 11.9. The zero-order valence-corrected chi connectivity index (χ0v) is 19.6. The molecule has 0 spiro atoms. The summed E-state index contributed by atoms with van der Waals surface area (Å²) in [5, 5.41) is 3.43. The van der Waals surface area contributed by atoms with E-state index in [1.807, 2.05) is 18.2 Å². The Morgan fingerprint density at radius 2 is 1.66 bits per heavy atom. The highest BCUT2D eigenvalue weighted by molar-refractivity contribution is 7.89. The molecule has 0 fully saturated rings. The van der Waals surface area contributed by atoms with Gasteiger partial charge < -0.3 is 10.1 Å². The van der Waals surface area contributed by atoms with Crippen molar-refractivity contribution in [1.29, 1.82) is 0 Å². The van der Waals surface area contributed by atoms with E-state index in [-0.39, 0.29) is 24.5 Å². The molecule has 0 bridgehead atoms. The van der Waals surface area contributed by atoms with E-state index < -0.39 is 15.9 Å². The van der Waals surface area contributed by atoms with Gasteiger partial charge in [0.05, 0.1) is 28.6 Å². The monoisotopic (exact) mass is 492 g/mol. The van der Waals surface area contributed by atoms with Crippen molar-refractivity contribution in [2.24, 2.45) is 0 Å². The summed E-state index contributed by atoms with van der Waals surface area (Å²) in [5.41, 5.74) is 1.39. The predicted molar refractivity (Wildman–Crippen MR) is 125 cm³/mol. The van der Waals surface area contributed by atoms with Crippen molar-refractivity contribution in [3.63, 3.8) is 0 Å². The van der Waals surface area contributed by atoms with Crippen LogP contribution >= 0.6 is 23.2 Å². The van der Waals surface area contributed by atoms with E-state index in [2.05, 4.69) is 5.32 Å². The number of hydrogen-bond donors (Lipinski definition) is 1. The molecule has 9 heteroatoms. The average Bonchev–Trinajstić information content (AvgIpc) is 2.80. The highest BCUT2D eigenvalue weighted by Gasteiger charge is 2.27. The van der Waals surface area contributed by atoms with Gasteiger partial charge in [0.1, 0.15) is 5.75 Å². The standard InChI is InChI=1S/C23H22Cl2N2O4S/c1-31-22-10-6-5-7-18(22)14-26-23(28)16-27(15-17-11-12-20(24)21(25)13-17)32(29,30)19-8-3-2-4-9-19/h2-13H,14-16H2,1H3,(H,26,28). The third-order valence-electron chi connectivity index (χ3n) is 4.71. The quantitative estimate of drug-likeness (QED) is 0.476. The molecule has 3 rings (SSSR count). The second-order valence-corrected chi connectivity index (χ2v) is 9.68. The van der Waals surface area contributed by atoms with Gasteiger partial charge in [-0.2, -0.15) is 4.31 Å². The van der Waals surface area contributed by atoms with Crippen molar-refractivity contribution in [3.8, 4) is 5.75 Å². The van der Waals surface area contributed by atoms with E-state index in [0.29, 0.717) is 21.4 Å². The van der Waals surface area contributed by atoms with Gasteiger partial charge in [0.25, 0.3) is 0 Å². The van der Waals surface area contributed by atoms with Gasteiger partial charge >= 0.3 is 0 Å². The molecule has 0 radical (unpaired) electrons. The lowest BCUT2D eigenvalue weighted by atomic mass is 10.2. The molecular formula is C23H22Cl2N2O4S. The number of sulfonamides is 1. The summed E-state index contributed by atoms with van der Waals surface area (Å²) < 4.78 is 32.9. The molecule has 0 atom stereocenters. The first-order valence-electron chi connectivity index (χ1n) is 9.69. The molecule has 1 N–H and O–H groups in total. The van der Waals surface area contributed by atoms with Crippen LogP contribution in [-0.2, 0) is 27.9 Å². The molecule has 3 aromatic rings. The van der Waals surface area contributed by atoms with Gasteiger partial charge in [0.2, 0.25) is 15.9 Å². The molecule has 6 nitrogen and oxygen atoms in total. The number of ether oxygens (including phenoxy) is 1. The van der Waals surface area contributed by atoms with Gasteiger partial charge in [-0.15, -0.1) is 0 Å². The van der Waals surface area contributed by atoms with Crippen LogP contribution in [0.5, 0.6) is 5.75 Å². The molecule has 0 aliphatic heterocycles. The van der Waals surface area contributed by atoms with Gasteiger partial charge in [0.15, 0.2) is 0 Å². The van der Waals surface area contributed by atoms with Gasteiger partial charge in [-0.3, -0.25) is 4.79 Å². The van der Waals surface area contributed by atoms with E-state index in [1.165, 1.54) is 12.1 Å². The van der Waals surface area contributed by atoms with E-state index >= 15 is 0 Å². The maximum absolute atomic E-state index is 13.3. The van der Waals surface area contributed by atoms with Gasteiger partial charge in [-0.05, 0) is 35.9 Å². The fourth-order valence-electron chi connectivity index (χ4n) is 3.07. The number of amides is 1. The van der Waals surface area contributed by atoms with E-state index in [1.54, 1.807) is 49.6 Å². The summed E-state index contributed by atoms with van der Waals surface area (Å²) in [5.74, 6) is 0.188. The highest BCUT2D eigenvalue weighted by atomic mass is 35.5. The molecule has 168 valence electrons. The van der Waals surface area contributed by atoms with Crippen LogP contribution in [0.1, 0.15) is 11.1 Å². The first-order chi connectivity index (χ1) is 15.3. The highest BCUT2D eigenvalue weighted by Crippen LogP contribution is 2.25. The first kappa shape index (κ1) is 24.1. The summed E-state index contributed by atoms with van der Waals surface area (Å²) in [6, 6.07) is 20.1. The largest absolute Gasteiger partial charge is 0.496 e. The van der Waals surface area contributed by atoms with Crippen molar-refractivity contribution in [1.82, 2.24) is 9.62 Å². The third-order valence-corrected chi connectivity index (χ3v) is 7.26. The number of halogens is 2. The number of benzene rings is 3. The molecule has 0 heterocycles. The Hall–Kier alpha value is -2.58. The number of methoxy groups -OCH3 is 1. The summed E-state index contributed by atoms with van der Waals surface area (Å²) >= 11 is 12.1. The summed E-state index contributed by atoms with van der Waals surface area (Å²) in [6.45, 7) is -0.211. The van der Waals surface area contributed by atoms with Crippen LogP contribution in [0.4, 0.5) is 0 Å². The number of nitrogens with one attached hydrogen (secondary N) is 1. The van der Waals surface area contributed by atoms with Crippen molar-refractivity contribution < 1.29 is 17.9 Å². The normalized spacial score (nSPS) is 11.4. The molecule has 0 aromatic heterocycles. The van der Waals surface area contributed by atoms with E-state index in [9.17, 15) is 13.2 Å². The number of nitrogens with zero attached hydrogens (tertiary/aromatic N) is 1. The molecule has 1 amide bonds. The summed E-state index contributed by atoms with van der Waals surface area (Å²) in [7, 11) is -2.39. The van der Waals surface area contributed by atoms with E-state index in [0.717, 1.165) is 9.87 Å². The number of carbonyl (C=O) groups is 1. The van der Waals surface area contributed by atoms with Crippen LogP contribution < -0.4 is 10.1 Å². The number of para-hydroxylation sites is 1. The molecular weight excluding hydrogens is 471 g/mol. The van der Waals surface area contributed by atoms with Crippen LogP contribution in [0.15, 0.2) is 77.7 Å². The minimum absolute atomic E-state index is 0.0454. The zero-order valence-electron chi connectivity index (χ0n) is 17.3. The lowest BCUT2D eigenvalue weighted by Gasteiger charge is -2.22. The topological polar surface area (TPSA) is 75.7 Å². The van der Waals surface area contributed by atoms with Crippen LogP contribution in [-0.4, -0.2) is 32.3 Å². The third kappa shape index (κ3) is 6.01. The lowest BCUT2D eigenvalue weighted by Crippen LogP contribution is -2.40. The molecule has 0 aliphatic rings. The van der Waals surface area contributed by atoms with Crippen LogP contribution in [0.2, 0.25) is 10.0 Å². The Morgan fingerprint density at radius 3 is 2.34 bits per heavy atom. The Bertz CT molecular complexity index is 1190. The zero-order chi connectivity index (χ0) is 23.1. The van der Waals surface area contributed by atoms with Crippen LogP contribution in [0.3, 0.4) is 0 Å². The Morgan fingerprint density at radius 1 is 0.969 bits per heavy atom. The summed E-state index contributed by atoms with van der Waals surface area (Å²) in [4.78, 5) is 12.8. The fourth-order valence-corrected chi connectivity index (χ4v) is 4.79. The second-order valence-electron chi connectivity index (χ2n) is 6.92. The van der Waals surface area contributed by atoms with Crippen molar-refractivity contribution >= 4 is 39.1 Å². The van der Waals surface area contributed by atoms with E-state index in [4.69, 9.17) is 27.9 Å². The van der Waals surface area contributed by atoms with Crippen molar-refractivity contribution in [2.75, 3.05) is 13.7 Å². The van der Waals surface area contributed by atoms with Crippen LogP contribution in [0, 0.1) is 0 Å². The molecule has 0 unspecified atom stereocenters. The maximum Gasteiger partial charge on any atom is 0.243 e. The average molecular weight is 493 g/mol. The van der Waals surface area contributed by atoms with Gasteiger partial charge in [-0.1, -0.05) is 65.7 Å². The number of carbonyl (C=O) groups excluding carboxylic acids is 1. The minimum atomic E-state index is -3.94. The Kier molecular flexibility index (Phi) is 8.15. The minimum Gasteiger partial charge on any atom is -0.496 e. The molecule has 32 heavy (non-hydrogen) atoms. The molecule has 3 aromatic carbocycles. The molecule has 0 saturated heterocycles. The number of rotatable bonds is 9. The smallest absolute Gasteiger partial charge is 0.243 e. The maximum atomic E-state index is 13.3. The fraction of sp³-hybridized carbons (Fsp3) is 0.174.